The highest BCUT2D eigenvalue weighted by atomic mass is 16.2. The van der Waals surface area contributed by atoms with Gasteiger partial charge in [-0.3, -0.25) is 14.7 Å². The summed E-state index contributed by atoms with van der Waals surface area (Å²) in [6.45, 7) is 2.53. The molecule has 0 radical (unpaired) electrons. The highest BCUT2D eigenvalue weighted by Crippen LogP contribution is 2.33. The molecule has 0 unspecified atom stereocenters. The number of aromatic nitrogens is 3. The molecule has 6 heteroatoms. The quantitative estimate of drug-likeness (QED) is 0.688. The van der Waals surface area contributed by atoms with Gasteiger partial charge >= 0.3 is 5.69 Å². The SMILES string of the molecule is O=c1cc(CN2CCC(c3c[nH]c4ccccc34)CC2)[nH]c(=O)[nH]1. The number of aromatic amines is 3. The van der Waals surface area contributed by atoms with Gasteiger partial charge in [-0.05, 0) is 43.5 Å². The van der Waals surface area contributed by atoms with Crippen molar-refractivity contribution in [2.24, 2.45) is 0 Å². The molecule has 4 rings (SSSR count). The monoisotopic (exact) mass is 324 g/mol. The molecule has 2 aromatic heterocycles. The van der Waals surface area contributed by atoms with E-state index in [1.54, 1.807) is 0 Å². The van der Waals surface area contributed by atoms with Gasteiger partial charge in [0, 0.05) is 35.4 Å². The average molecular weight is 324 g/mol. The molecule has 0 aliphatic carbocycles. The van der Waals surface area contributed by atoms with Gasteiger partial charge in [0.1, 0.15) is 0 Å². The van der Waals surface area contributed by atoms with Gasteiger partial charge in [-0.25, -0.2) is 4.79 Å². The zero-order valence-electron chi connectivity index (χ0n) is 13.3. The van der Waals surface area contributed by atoms with Crippen molar-refractivity contribution in [3.63, 3.8) is 0 Å². The minimum absolute atomic E-state index is 0.345. The number of hydrogen-bond acceptors (Lipinski definition) is 3. The van der Waals surface area contributed by atoms with Gasteiger partial charge in [-0.2, -0.15) is 0 Å². The molecule has 1 aliphatic rings. The third kappa shape index (κ3) is 2.92. The summed E-state index contributed by atoms with van der Waals surface area (Å²) >= 11 is 0. The lowest BCUT2D eigenvalue weighted by Crippen LogP contribution is -2.34. The lowest BCUT2D eigenvalue weighted by atomic mass is 9.89. The van der Waals surface area contributed by atoms with Gasteiger partial charge in [0.15, 0.2) is 0 Å². The van der Waals surface area contributed by atoms with Gasteiger partial charge < -0.3 is 9.97 Å². The van der Waals surface area contributed by atoms with Crippen LogP contribution < -0.4 is 11.2 Å². The highest BCUT2D eigenvalue weighted by molar-refractivity contribution is 5.83. The van der Waals surface area contributed by atoms with Crippen molar-refractivity contribution in [2.45, 2.75) is 25.3 Å². The molecule has 3 N–H and O–H groups in total. The Morgan fingerprint density at radius 3 is 2.67 bits per heavy atom. The Morgan fingerprint density at radius 2 is 1.88 bits per heavy atom. The second kappa shape index (κ2) is 6.13. The number of hydrogen-bond donors (Lipinski definition) is 3. The van der Waals surface area contributed by atoms with E-state index in [-0.39, 0.29) is 5.56 Å². The Balaban J connectivity index is 1.45. The largest absolute Gasteiger partial charge is 0.361 e. The molecule has 0 spiro atoms. The summed E-state index contributed by atoms with van der Waals surface area (Å²) in [6, 6.07) is 9.88. The third-order valence-corrected chi connectivity index (χ3v) is 4.86. The number of likely N-dealkylation sites (tertiary alicyclic amines) is 1. The molecule has 3 aromatic rings. The molecule has 6 nitrogen and oxygen atoms in total. The molecule has 0 bridgehead atoms. The van der Waals surface area contributed by atoms with Crippen LogP contribution in [0, 0.1) is 0 Å². The molecular formula is C18H20N4O2. The van der Waals surface area contributed by atoms with Crippen molar-refractivity contribution in [3.8, 4) is 0 Å². The van der Waals surface area contributed by atoms with E-state index in [9.17, 15) is 9.59 Å². The van der Waals surface area contributed by atoms with Crippen LogP contribution in [0.5, 0.6) is 0 Å². The highest BCUT2D eigenvalue weighted by Gasteiger charge is 2.22. The summed E-state index contributed by atoms with van der Waals surface area (Å²) in [6.07, 6.45) is 4.30. The molecule has 24 heavy (non-hydrogen) atoms. The van der Waals surface area contributed by atoms with E-state index in [0.29, 0.717) is 18.2 Å². The smallest absolute Gasteiger partial charge is 0.325 e. The molecule has 3 heterocycles. The van der Waals surface area contributed by atoms with Crippen LogP contribution in [0.2, 0.25) is 0 Å². The first kappa shape index (κ1) is 15.0. The maximum atomic E-state index is 11.4. The first-order valence-electron chi connectivity index (χ1n) is 8.30. The average Bonchev–Trinajstić information content (AvgIpc) is 2.99. The van der Waals surface area contributed by atoms with E-state index in [0.717, 1.165) is 25.9 Å². The minimum atomic E-state index is -0.439. The number of nitrogens with one attached hydrogen (secondary N) is 3. The van der Waals surface area contributed by atoms with Crippen LogP contribution in [0.25, 0.3) is 10.9 Å². The Labute approximate surface area is 138 Å². The predicted octanol–water partition coefficient (Wildman–Crippen LogP) is 1.92. The third-order valence-electron chi connectivity index (χ3n) is 4.86. The summed E-state index contributed by atoms with van der Waals surface area (Å²) in [4.78, 5) is 33.3. The van der Waals surface area contributed by atoms with E-state index < -0.39 is 5.69 Å². The zero-order chi connectivity index (χ0) is 16.5. The van der Waals surface area contributed by atoms with Crippen LogP contribution >= 0.6 is 0 Å². The molecule has 1 aliphatic heterocycles. The second-order valence-electron chi connectivity index (χ2n) is 6.45. The normalized spacial score (nSPS) is 16.7. The number of fused-ring (bicyclic) bond motifs is 1. The number of rotatable bonds is 3. The lowest BCUT2D eigenvalue weighted by molar-refractivity contribution is 0.202. The van der Waals surface area contributed by atoms with E-state index in [1.165, 1.54) is 22.5 Å². The Bertz CT molecular complexity index is 932. The van der Waals surface area contributed by atoms with Crippen LogP contribution in [0.15, 0.2) is 46.1 Å². The summed E-state index contributed by atoms with van der Waals surface area (Å²) in [5, 5.41) is 1.31. The summed E-state index contributed by atoms with van der Waals surface area (Å²) in [5.41, 5.74) is 2.48. The van der Waals surface area contributed by atoms with Gasteiger partial charge in [0.2, 0.25) is 0 Å². The van der Waals surface area contributed by atoms with Crippen molar-refractivity contribution < 1.29 is 0 Å². The Kier molecular flexibility index (Phi) is 3.82. The van der Waals surface area contributed by atoms with Crippen molar-refractivity contribution in [2.75, 3.05) is 13.1 Å². The maximum Gasteiger partial charge on any atom is 0.325 e. The summed E-state index contributed by atoms with van der Waals surface area (Å²) < 4.78 is 0. The van der Waals surface area contributed by atoms with E-state index in [4.69, 9.17) is 0 Å². The lowest BCUT2D eigenvalue weighted by Gasteiger charge is -2.31. The molecule has 0 atom stereocenters. The van der Waals surface area contributed by atoms with Gasteiger partial charge in [-0.15, -0.1) is 0 Å². The van der Waals surface area contributed by atoms with Gasteiger partial charge in [0.05, 0.1) is 0 Å². The number of nitrogens with zero attached hydrogens (tertiary/aromatic N) is 1. The fourth-order valence-corrected chi connectivity index (χ4v) is 3.68. The zero-order valence-corrected chi connectivity index (χ0v) is 13.3. The number of benzene rings is 1. The van der Waals surface area contributed by atoms with Crippen molar-refractivity contribution >= 4 is 10.9 Å². The van der Waals surface area contributed by atoms with Crippen molar-refractivity contribution in [1.29, 1.82) is 0 Å². The summed E-state index contributed by atoms with van der Waals surface area (Å²) in [7, 11) is 0. The van der Waals surface area contributed by atoms with Crippen LogP contribution in [0.1, 0.15) is 30.0 Å². The van der Waals surface area contributed by atoms with Crippen LogP contribution in [-0.4, -0.2) is 32.9 Å². The van der Waals surface area contributed by atoms with Crippen molar-refractivity contribution in [3.05, 3.63) is 68.6 Å². The molecular weight excluding hydrogens is 304 g/mol. The topological polar surface area (TPSA) is 84.8 Å². The first-order valence-corrected chi connectivity index (χ1v) is 8.30. The van der Waals surface area contributed by atoms with Gasteiger partial charge in [0.25, 0.3) is 5.56 Å². The van der Waals surface area contributed by atoms with Crippen molar-refractivity contribution in [1.82, 2.24) is 19.9 Å². The summed E-state index contributed by atoms with van der Waals surface area (Å²) in [5.74, 6) is 0.552. The number of piperidine rings is 1. The van der Waals surface area contributed by atoms with E-state index in [2.05, 4.69) is 44.2 Å². The Morgan fingerprint density at radius 1 is 1.08 bits per heavy atom. The standard InChI is InChI=1S/C18H20N4O2/c23-17-9-13(20-18(24)21-17)11-22-7-5-12(6-8-22)15-10-19-16-4-2-1-3-14(15)16/h1-4,9-10,12,19H,5-8,11H2,(H2,20,21,23,24). The second-order valence-corrected chi connectivity index (χ2v) is 6.45. The molecule has 1 aromatic carbocycles. The Hall–Kier alpha value is -2.60. The fraction of sp³-hybridized carbons (Fsp3) is 0.333. The van der Waals surface area contributed by atoms with Crippen LogP contribution in [0.4, 0.5) is 0 Å². The van der Waals surface area contributed by atoms with E-state index in [1.807, 2.05) is 6.07 Å². The fourth-order valence-electron chi connectivity index (χ4n) is 3.68. The molecule has 0 amide bonds. The molecule has 1 saturated heterocycles. The minimum Gasteiger partial charge on any atom is -0.361 e. The first-order chi connectivity index (χ1) is 11.7. The van der Waals surface area contributed by atoms with Crippen LogP contribution in [-0.2, 0) is 6.54 Å². The molecule has 0 saturated carbocycles. The molecule has 1 fully saturated rings. The number of H-pyrrole nitrogens is 3. The van der Waals surface area contributed by atoms with E-state index >= 15 is 0 Å². The number of para-hydroxylation sites is 1. The van der Waals surface area contributed by atoms with Gasteiger partial charge in [-0.1, -0.05) is 18.2 Å². The molecule has 124 valence electrons. The predicted molar refractivity (Wildman–Crippen MR) is 93.2 cm³/mol. The van der Waals surface area contributed by atoms with Crippen LogP contribution in [0.3, 0.4) is 0 Å². The maximum absolute atomic E-state index is 11.4.